The van der Waals surface area contributed by atoms with Gasteiger partial charge in [0.1, 0.15) is 5.82 Å². The highest BCUT2D eigenvalue weighted by Gasteiger charge is 2.23. The smallest absolute Gasteiger partial charge is 0.181 e. The Morgan fingerprint density at radius 1 is 0.952 bits per heavy atom. The van der Waals surface area contributed by atoms with Crippen LogP contribution in [0.1, 0.15) is 23.0 Å². The molecule has 0 bridgehead atoms. The van der Waals surface area contributed by atoms with Gasteiger partial charge in [-0.3, -0.25) is 5.10 Å². The van der Waals surface area contributed by atoms with Gasteiger partial charge in [0.25, 0.3) is 0 Å². The van der Waals surface area contributed by atoms with Gasteiger partial charge in [-0.2, -0.15) is 5.10 Å². The van der Waals surface area contributed by atoms with Crippen LogP contribution in [0.5, 0.6) is 0 Å². The fourth-order valence-corrected chi connectivity index (χ4v) is 2.87. The third kappa shape index (κ3) is 2.23. The van der Waals surface area contributed by atoms with Crippen molar-refractivity contribution in [1.29, 1.82) is 0 Å². The van der Waals surface area contributed by atoms with Gasteiger partial charge < -0.3 is 5.32 Å². The molecular formula is C17H16N4. The summed E-state index contributed by atoms with van der Waals surface area (Å²) in [6.45, 7) is 0.961. The summed E-state index contributed by atoms with van der Waals surface area (Å²) in [6.07, 6.45) is 1.06. The second-order valence-corrected chi connectivity index (χ2v) is 5.25. The lowest BCUT2D eigenvalue weighted by molar-refractivity contribution is 0.545. The second kappa shape index (κ2) is 5.14. The summed E-state index contributed by atoms with van der Waals surface area (Å²) < 4.78 is 0. The van der Waals surface area contributed by atoms with Gasteiger partial charge in [-0.1, -0.05) is 54.6 Å². The van der Waals surface area contributed by atoms with Crippen molar-refractivity contribution in [2.45, 2.75) is 12.5 Å². The molecule has 4 rings (SSSR count). The van der Waals surface area contributed by atoms with Crippen molar-refractivity contribution in [1.82, 2.24) is 20.5 Å². The highest BCUT2D eigenvalue weighted by Crippen LogP contribution is 2.27. The van der Waals surface area contributed by atoms with E-state index < -0.39 is 0 Å². The highest BCUT2D eigenvalue weighted by molar-refractivity contribution is 5.54. The van der Waals surface area contributed by atoms with Crippen LogP contribution in [-0.2, 0) is 6.42 Å². The van der Waals surface area contributed by atoms with E-state index in [4.69, 9.17) is 0 Å². The van der Waals surface area contributed by atoms with Gasteiger partial charge in [0.15, 0.2) is 5.82 Å². The van der Waals surface area contributed by atoms with Gasteiger partial charge in [-0.05, 0) is 17.5 Å². The number of hydrogen-bond donors (Lipinski definition) is 2. The maximum absolute atomic E-state index is 4.67. The molecule has 0 saturated heterocycles. The predicted octanol–water partition coefficient (Wildman–Crippen LogP) is 2.71. The topological polar surface area (TPSA) is 53.6 Å². The lowest BCUT2D eigenvalue weighted by atomic mass is 9.94. The van der Waals surface area contributed by atoms with Crippen molar-refractivity contribution >= 4 is 0 Å². The molecule has 0 amide bonds. The summed E-state index contributed by atoms with van der Waals surface area (Å²) in [5, 5.41) is 11.0. The molecule has 3 aromatic rings. The lowest BCUT2D eigenvalue weighted by Gasteiger charge is -2.24. The summed E-state index contributed by atoms with van der Waals surface area (Å²) in [5.74, 6) is 1.62. The minimum Gasteiger partial charge on any atom is -0.303 e. The van der Waals surface area contributed by atoms with E-state index >= 15 is 0 Å². The van der Waals surface area contributed by atoms with Gasteiger partial charge in [0.05, 0.1) is 6.04 Å². The summed E-state index contributed by atoms with van der Waals surface area (Å²) in [5.41, 5.74) is 3.71. The molecule has 4 heteroatoms. The number of hydrogen-bond acceptors (Lipinski definition) is 3. The van der Waals surface area contributed by atoms with E-state index in [0.29, 0.717) is 0 Å². The normalized spacial score (nSPS) is 17.4. The third-order valence-electron chi connectivity index (χ3n) is 3.92. The van der Waals surface area contributed by atoms with Crippen LogP contribution in [0.4, 0.5) is 0 Å². The predicted molar refractivity (Wildman–Crippen MR) is 81.8 cm³/mol. The van der Waals surface area contributed by atoms with E-state index in [-0.39, 0.29) is 6.04 Å². The van der Waals surface area contributed by atoms with Crippen LogP contribution in [0.25, 0.3) is 11.4 Å². The fourth-order valence-electron chi connectivity index (χ4n) is 2.87. The molecule has 104 valence electrons. The van der Waals surface area contributed by atoms with E-state index in [2.05, 4.69) is 44.8 Å². The van der Waals surface area contributed by atoms with Gasteiger partial charge >= 0.3 is 0 Å². The highest BCUT2D eigenvalue weighted by atomic mass is 15.2. The number of nitrogens with zero attached hydrogens (tertiary/aromatic N) is 2. The molecule has 1 atom stereocenters. The molecule has 1 aromatic heterocycles. The number of aromatic amines is 1. The molecule has 0 fully saturated rings. The molecular weight excluding hydrogens is 260 g/mol. The average Bonchev–Trinajstić information content (AvgIpc) is 3.05. The van der Waals surface area contributed by atoms with Gasteiger partial charge in [0.2, 0.25) is 0 Å². The van der Waals surface area contributed by atoms with E-state index in [9.17, 15) is 0 Å². The van der Waals surface area contributed by atoms with Gasteiger partial charge in [-0.15, -0.1) is 0 Å². The zero-order valence-corrected chi connectivity index (χ0v) is 11.6. The molecule has 1 aliphatic heterocycles. The number of benzene rings is 2. The molecule has 2 heterocycles. The molecule has 1 aliphatic rings. The number of nitrogens with one attached hydrogen (secondary N) is 2. The Kier molecular flexibility index (Phi) is 3.01. The molecule has 0 spiro atoms. The number of aromatic nitrogens is 3. The summed E-state index contributed by atoms with van der Waals surface area (Å²) in [6, 6.07) is 18.7. The Bertz CT molecular complexity index is 748. The standard InChI is InChI=1S/C17H16N4/c1-2-7-13(8-3-1)16-19-17(21-20-16)15-14-9-5-4-6-12(14)10-11-18-15/h1-9,15,18H,10-11H2,(H,19,20,21). The Labute approximate surface area is 123 Å². The van der Waals surface area contributed by atoms with Crippen LogP contribution in [0, 0.1) is 0 Å². The Morgan fingerprint density at radius 3 is 2.67 bits per heavy atom. The van der Waals surface area contributed by atoms with Crippen molar-refractivity contribution in [2.24, 2.45) is 0 Å². The molecule has 2 aromatic carbocycles. The molecule has 21 heavy (non-hydrogen) atoms. The molecule has 1 unspecified atom stereocenters. The Hall–Kier alpha value is -2.46. The fraction of sp³-hybridized carbons (Fsp3) is 0.176. The van der Waals surface area contributed by atoms with Crippen LogP contribution in [0.15, 0.2) is 54.6 Å². The van der Waals surface area contributed by atoms with Crippen LogP contribution < -0.4 is 5.32 Å². The first-order valence-electron chi connectivity index (χ1n) is 7.21. The minimum atomic E-state index is 0.0971. The van der Waals surface area contributed by atoms with E-state index in [1.165, 1.54) is 11.1 Å². The van der Waals surface area contributed by atoms with Crippen LogP contribution in [-0.4, -0.2) is 21.7 Å². The van der Waals surface area contributed by atoms with E-state index in [0.717, 1.165) is 30.2 Å². The van der Waals surface area contributed by atoms with Crippen molar-refractivity contribution in [3.63, 3.8) is 0 Å². The molecule has 2 N–H and O–H groups in total. The maximum atomic E-state index is 4.67. The third-order valence-corrected chi connectivity index (χ3v) is 3.92. The molecule has 4 nitrogen and oxygen atoms in total. The average molecular weight is 276 g/mol. The first-order chi connectivity index (χ1) is 10.4. The SMILES string of the molecule is c1ccc(-c2n[nH]c(C3NCCc4ccccc43)n2)cc1. The summed E-state index contributed by atoms with van der Waals surface area (Å²) in [4.78, 5) is 4.67. The first kappa shape index (κ1) is 12.3. The van der Waals surface area contributed by atoms with Crippen LogP contribution >= 0.6 is 0 Å². The zero-order chi connectivity index (χ0) is 14.1. The molecule has 0 saturated carbocycles. The van der Waals surface area contributed by atoms with E-state index in [1.807, 2.05) is 30.3 Å². The quantitative estimate of drug-likeness (QED) is 0.756. The monoisotopic (exact) mass is 276 g/mol. The van der Waals surface area contributed by atoms with Crippen molar-refractivity contribution < 1.29 is 0 Å². The largest absolute Gasteiger partial charge is 0.303 e. The molecule has 0 aliphatic carbocycles. The maximum Gasteiger partial charge on any atom is 0.181 e. The van der Waals surface area contributed by atoms with Crippen molar-refractivity contribution in [3.05, 3.63) is 71.5 Å². The first-order valence-corrected chi connectivity index (χ1v) is 7.21. The summed E-state index contributed by atoms with van der Waals surface area (Å²) >= 11 is 0. The number of fused-ring (bicyclic) bond motifs is 1. The van der Waals surface area contributed by atoms with Crippen molar-refractivity contribution in [3.8, 4) is 11.4 Å². The number of rotatable bonds is 2. The number of H-pyrrole nitrogens is 1. The lowest BCUT2D eigenvalue weighted by Crippen LogP contribution is -2.31. The van der Waals surface area contributed by atoms with Crippen LogP contribution in [0.3, 0.4) is 0 Å². The van der Waals surface area contributed by atoms with Crippen LogP contribution in [0.2, 0.25) is 0 Å². The second-order valence-electron chi connectivity index (χ2n) is 5.25. The summed E-state index contributed by atoms with van der Waals surface area (Å²) in [7, 11) is 0. The minimum absolute atomic E-state index is 0.0971. The zero-order valence-electron chi connectivity index (χ0n) is 11.6. The molecule has 0 radical (unpaired) electrons. The Balaban J connectivity index is 1.71. The Morgan fingerprint density at radius 2 is 1.76 bits per heavy atom. The van der Waals surface area contributed by atoms with Gasteiger partial charge in [-0.25, -0.2) is 4.98 Å². The van der Waals surface area contributed by atoms with Gasteiger partial charge in [0, 0.05) is 12.1 Å². The van der Waals surface area contributed by atoms with Crippen molar-refractivity contribution in [2.75, 3.05) is 6.54 Å². The van der Waals surface area contributed by atoms with E-state index in [1.54, 1.807) is 0 Å².